The quantitative estimate of drug-likeness (QED) is 0.140. The molecule has 7 aromatic rings. The standard InChI is InChI=1S/C68H75IN4O.Cu/c1-63(2,3)43-29-40(30-44(35-43)64(4,5)6)59-52-24-23-50(70-52)58(39-19-21-49(69)22-20-39)51-27-28-55(72-51)61(42-33-47(67(13,14)15)37-48(34-42)68(16,17)18)62-57(74)38-56(73-62)60(54-26-25-53(59)71-54)41-31-45(65(7,8)9)36-46(32-41)66(10,11)12;/h19-38H,1-18H3,(H-2,70,71,72,73,74);/q-2;+2. The van der Waals surface area contributed by atoms with Crippen molar-refractivity contribution in [3.63, 3.8) is 0 Å². The second-order valence-corrected chi connectivity index (χ2v) is 28.2. The fourth-order valence-electron chi connectivity index (χ4n) is 9.86. The van der Waals surface area contributed by atoms with Crippen molar-refractivity contribution in [1.29, 1.82) is 0 Å². The van der Waals surface area contributed by atoms with Crippen LogP contribution < -0.4 is 9.97 Å². The normalized spacial score (nSPS) is 13.4. The van der Waals surface area contributed by atoms with Crippen LogP contribution in [0.5, 0.6) is 5.75 Å². The van der Waals surface area contributed by atoms with Gasteiger partial charge in [0.1, 0.15) is 0 Å². The van der Waals surface area contributed by atoms with Gasteiger partial charge in [0, 0.05) is 3.57 Å². The smallest absolute Gasteiger partial charge is 0.657 e. The van der Waals surface area contributed by atoms with Gasteiger partial charge in [0.05, 0.1) is 28.5 Å². The van der Waals surface area contributed by atoms with E-state index in [0.717, 1.165) is 76.2 Å². The molecule has 1 N–H and O–H groups in total. The summed E-state index contributed by atoms with van der Waals surface area (Å²) in [5, 5.41) is 12.7. The van der Waals surface area contributed by atoms with Crippen LogP contribution in [-0.4, -0.2) is 15.1 Å². The van der Waals surface area contributed by atoms with Crippen LogP contribution >= 0.6 is 22.6 Å². The Kier molecular flexibility index (Phi) is 14.5. The van der Waals surface area contributed by atoms with E-state index >= 15 is 0 Å². The average molecular weight is 1150 g/mol. The largest absolute Gasteiger partial charge is 2.00 e. The van der Waals surface area contributed by atoms with Crippen molar-refractivity contribution in [3.8, 4) is 50.3 Å². The van der Waals surface area contributed by atoms with Crippen LogP contribution in [-0.2, 0) is 49.6 Å². The maximum Gasteiger partial charge on any atom is 2.00 e. The molecule has 2 aliphatic heterocycles. The molecule has 5 nitrogen and oxygen atoms in total. The van der Waals surface area contributed by atoms with Gasteiger partial charge in [-0.15, -0.1) is 16.6 Å². The summed E-state index contributed by atoms with van der Waals surface area (Å²) in [4.78, 5) is 22.6. The van der Waals surface area contributed by atoms with E-state index < -0.39 is 0 Å². The first-order valence-corrected chi connectivity index (χ1v) is 27.4. The van der Waals surface area contributed by atoms with Crippen molar-refractivity contribution in [2.24, 2.45) is 0 Å². The molecule has 0 spiro atoms. The third-order valence-electron chi connectivity index (χ3n) is 14.7. The second kappa shape index (κ2) is 19.5. The molecule has 75 heavy (non-hydrogen) atoms. The summed E-state index contributed by atoms with van der Waals surface area (Å²) >= 11 is 2.37. The van der Waals surface area contributed by atoms with Crippen LogP contribution in [0, 0.1) is 3.57 Å². The van der Waals surface area contributed by atoms with Gasteiger partial charge in [-0.25, -0.2) is 9.97 Å². The maximum atomic E-state index is 12.7. The molecule has 391 valence electrons. The van der Waals surface area contributed by atoms with Gasteiger partial charge in [0.15, 0.2) is 0 Å². The summed E-state index contributed by atoms with van der Waals surface area (Å²) in [5.74, 6) is 0.0827. The van der Waals surface area contributed by atoms with Gasteiger partial charge in [-0.2, -0.15) is 0 Å². The zero-order valence-electron chi connectivity index (χ0n) is 47.5. The molecule has 1 radical (unpaired) electrons. The molecule has 0 atom stereocenters. The van der Waals surface area contributed by atoms with E-state index in [9.17, 15) is 5.11 Å². The summed E-state index contributed by atoms with van der Waals surface area (Å²) in [6.45, 7) is 40.9. The van der Waals surface area contributed by atoms with E-state index in [1.165, 1.54) is 33.4 Å². The van der Waals surface area contributed by atoms with E-state index in [4.69, 9.17) is 19.9 Å². The monoisotopic (exact) mass is 1150 g/mol. The topological polar surface area (TPSA) is 74.2 Å². The van der Waals surface area contributed by atoms with E-state index in [1.807, 2.05) is 6.07 Å². The van der Waals surface area contributed by atoms with Crippen LogP contribution in [0.1, 0.15) is 181 Å². The SMILES string of the molecule is CC(C)(C)c1cc(-c2c3nc(c(-c4cc(C(C)(C)C)cc(C(C)(C)C)c4)c4cc(O)c([n-]4)c(-c4cc(C(C)(C)C)cc(C(C)(C)C)c4)c4nc(c(-c5ccc(I)cc5)c5ccc2[n-]5)C=C4)C=C3)cc(C(C)(C)C)c1.[Cu+2]. The number of aromatic nitrogens is 4. The van der Waals surface area contributed by atoms with Gasteiger partial charge in [0.25, 0.3) is 0 Å². The first-order chi connectivity index (χ1) is 34.2. The predicted octanol–water partition coefficient (Wildman–Crippen LogP) is 18.7. The van der Waals surface area contributed by atoms with E-state index in [2.05, 4.69) is 263 Å². The van der Waals surface area contributed by atoms with E-state index in [-0.39, 0.29) is 55.3 Å². The van der Waals surface area contributed by atoms with Gasteiger partial charge < -0.3 is 15.1 Å². The second-order valence-electron chi connectivity index (χ2n) is 26.9. The molecule has 0 aliphatic carbocycles. The molecule has 0 saturated heterocycles. The van der Waals surface area contributed by atoms with E-state index in [0.29, 0.717) is 16.7 Å². The third kappa shape index (κ3) is 11.3. The Morgan fingerprint density at radius 1 is 0.347 bits per heavy atom. The van der Waals surface area contributed by atoms with Crippen LogP contribution in [0.25, 0.3) is 90.9 Å². The summed E-state index contributed by atoms with van der Waals surface area (Å²) in [7, 11) is 0. The Labute approximate surface area is 471 Å². The molecule has 0 fully saturated rings. The van der Waals surface area contributed by atoms with Crippen LogP contribution in [0.3, 0.4) is 0 Å². The fourth-order valence-corrected chi connectivity index (χ4v) is 10.2. The Hall–Kier alpha value is -5.47. The van der Waals surface area contributed by atoms with Crippen molar-refractivity contribution in [2.75, 3.05) is 0 Å². The molecule has 0 amide bonds. The van der Waals surface area contributed by atoms with Gasteiger partial charge in [-0.1, -0.05) is 209 Å². The minimum Gasteiger partial charge on any atom is -0.657 e. The summed E-state index contributed by atoms with van der Waals surface area (Å²) in [6.07, 6.45) is 8.49. The number of fused-ring (bicyclic) bond motifs is 8. The zero-order valence-corrected chi connectivity index (χ0v) is 50.6. The van der Waals surface area contributed by atoms with Gasteiger partial charge in [-0.3, -0.25) is 0 Å². The van der Waals surface area contributed by atoms with Crippen molar-refractivity contribution >= 4 is 69.0 Å². The zero-order chi connectivity index (χ0) is 53.8. The van der Waals surface area contributed by atoms with Crippen molar-refractivity contribution < 1.29 is 22.2 Å². The third-order valence-corrected chi connectivity index (χ3v) is 15.4. The molecule has 9 rings (SSSR count). The van der Waals surface area contributed by atoms with Crippen LogP contribution in [0.4, 0.5) is 0 Å². The molecule has 3 aromatic heterocycles. The molecular formula is C68H75CuIN4O. The number of rotatable bonds is 4. The predicted molar refractivity (Wildman–Crippen MR) is 325 cm³/mol. The minimum absolute atomic E-state index is 0. The Bertz CT molecular complexity index is 3520. The molecule has 0 unspecified atom stereocenters. The molecule has 8 bridgehead atoms. The molecule has 5 heterocycles. The summed E-state index contributed by atoms with van der Waals surface area (Å²) in [6, 6.07) is 35.7. The molecule has 7 heteroatoms. The van der Waals surface area contributed by atoms with Crippen LogP contribution in [0.15, 0.2) is 97.1 Å². The fraction of sp³-hybridized carbons (Fsp3) is 0.353. The number of benzene rings is 4. The molecule has 4 aromatic carbocycles. The number of hydrogen-bond donors (Lipinski definition) is 1. The number of aromatic hydroxyl groups is 1. The average Bonchev–Trinajstić information content (AvgIpc) is 4.13. The van der Waals surface area contributed by atoms with Crippen LogP contribution in [0.2, 0.25) is 0 Å². The minimum atomic E-state index is -0.164. The number of halogens is 1. The Balaban J connectivity index is 0.00000747. The van der Waals surface area contributed by atoms with E-state index in [1.54, 1.807) is 0 Å². The maximum absolute atomic E-state index is 12.7. The molecule has 2 aliphatic rings. The van der Waals surface area contributed by atoms with Gasteiger partial charge in [0.2, 0.25) is 0 Å². The van der Waals surface area contributed by atoms with Gasteiger partial charge >= 0.3 is 17.1 Å². The summed E-state index contributed by atoms with van der Waals surface area (Å²) in [5.41, 5.74) is 19.7. The first kappa shape index (κ1) is 55.8. The molecular weight excluding hydrogens is 1080 g/mol. The van der Waals surface area contributed by atoms with Gasteiger partial charge in [-0.05, 0) is 175 Å². The number of nitrogens with zero attached hydrogens (tertiary/aromatic N) is 4. The van der Waals surface area contributed by atoms with Crippen molar-refractivity contribution in [1.82, 2.24) is 19.9 Å². The first-order valence-electron chi connectivity index (χ1n) is 26.3. The number of hydrogen-bond acceptors (Lipinski definition) is 3. The molecule has 0 saturated carbocycles. The summed E-state index contributed by atoms with van der Waals surface area (Å²) < 4.78 is 1.14. The Morgan fingerprint density at radius 3 is 0.973 bits per heavy atom. The van der Waals surface area contributed by atoms with Crippen molar-refractivity contribution in [3.05, 3.63) is 157 Å². The Morgan fingerprint density at radius 2 is 0.640 bits per heavy atom. The van der Waals surface area contributed by atoms with Crippen molar-refractivity contribution in [2.45, 2.75) is 157 Å².